The Bertz CT molecular complexity index is 587. The lowest BCUT2D eigenvalue weighted by Gasteiger charge is -2.26. The van der Waals surface area contributed by atoms with Crippen LogP contribution in [-0.2, 0) is 11.0 Å². The molecule has 0 aliphatic carbocycles. The highest BCUT2D eigenvalue weighted by Gasteiger charge is 2.36. The minimum absolute atomic E-state index is 0.0734. The molecule has 1 aliphatic heterocycles. The van der Waals surface area contributed by atoms with Crippen LogP contribution >= 0.6 is 0 Å². The van der Waals surface area contributed by atoms with Crippen molar-refractivity contribution in [3.63, 3.8) is 0 Å². The first-order valence-corrected chi connectivity index (χ1v) is 7.88. The topological polar surface area (TPSA) is 41.6 Å². The second-order valence-electron chi connectivity index (χ2n) is 6.89. The number of halogens is 3. The summed E-state index contributed by atoms with van der Waals surface area (Å²) in [6, 6.07) is 5.10. The maximum atomic E-state index is 13.0. The number of carbonyl (C=O) groups is 1. The van der Waals surface area contributed by atoms with E-state index in [0.717, 1.165) is 25.6 Å². The average Bonchev–Trinajstić information content (AvgIpc) is 2.89. The maximum absolute atomic E-state index is 13.0. The summed E-state index contributed by atoms with van der Waals surface area (Å²) in [7, 11) is 1.98. The van der Waals surface area contributed by atoms with Gasteiger partial charge in [0.05, 0.1) is 11.0 Å². The SMILES string of the molecule is CN1CC[C@@H](NC(=O)C(C)(C)COc2ccccc2C(F)(F)F)C1. The molecule has 24 heavy (non-hydrogen) atoms. The number of para-hydroxylation sites is 1. The zero-order valence-corrected chi connectivity index (χ0v) is 14.1. The van der Waals surface area contributed by atoms with E-state index in [0.29, 0.717) is 0 Å². The lowest BCUT2D eigenvalue weighted by molar-refractivity contribution is -0.139. The summed E-state index contributed by atoms with van der Waals surface area (Å²) in [5.74, 6) is -0.473. The van der Waals surface area contributed by atoms with Gasteiger partial charge in [-0.2, -0.15) is 13.2 Å². The van der Waals surface area contributed by atoms with Crippen LogP contribution in [0.2, 0.25) is 0 Å². The lowest BCUT2D eigenvalue weighted by Crippen LogP contribution is -2.46. The van der Waals surface area contributed by atoms with Crippen molar-refractivity contribution in [1.82, 2.24) is 10.2 Å². The average molecular weight is 344 g/mol. The van der Waals surface area contributed by atoms with Crippen molar-refractivity contribution in [2.45, 2.75) is 32.5 Å². The molecule has 1 saturated heterocycles. The van der Waals surface area contributed by atoms with E-state index < -0.39 is 17.2 Å². The number of amides is 1. The Morgan fingerprint density at radius 2 is 2.00 bits per heavy atom. The van der Waals surface area contributed by atoms with E-state index in [4.69, 9.17) is 4.74 Å². The maximum Gasteiger partial charge on any atom is 0.419 e. The zero-order chi connectivity index (χ0) is 18.0. The number of nitrogens with zero attached hydrogens (tertiary/aromatic N) is 1. The van der Waals surface area contributed by atoms with Crippen LogP contribution in [0.4, 0.5) is 13.2 Å². The molecule has 0 spiro atoms. The second kappa shape index (κ2) is 7.01. The first kappa shape index (κ1) is 18.6. The normalized spacial score (nSPS) is 19.3. The molecule has 1 aromatic carbocycles. The van der Waals surface area contributed by atoms with Gasteiger partial charge in [0.25, 0.3) is 0 Å². The Balaban J connectivity index is 1.98. The molecule has 4 nitrogen and oxygen atoms in total. The summed E-state index contributed by atoms with van der Waals surface area (Å²) in [5, 5.41) is 2.95. The van der Waals surface area contributed by atoms with Crippen LogP contribution in [0.15, 0.2) is 24.3 Å². The van der Waals surface area contributed by atoms with Gasteiger partial charge in [-0.15, -0.1) is 0 Å². The molecule has 1 aliphatic rings. The van der Waals surface area contributed by atoms with E-state index in [1.807, 2.05) is 7.05 Å². The highest BCUT2D eigenvalue weighted by Crippen LogP contribution is 2.36. The van der Waals surface area contributed by atoms with Crippen LogP contribution in [0.25, 0.3) is 0 Å². The van der Waals surface area contributed by atoms with Gasteiger partial charge >= 0.3 is 6.18 Å². The molecule has 0 unspecified atom stereocenters. The van der Waals surface area contributed by atoms with E-state index >= 15 is 0 Å². The molecule has 1 fully saturated rings. The van der Waals surface area contributed by atoms with Gasteiger partial charge in [-0.25, -0.2) is 0 Å². The fourth-order valence-corrected chi connectivity index (χ4v) is 2.58. The third-order valence-electron chi connectivity index (χ3n) is 4.12. The molecule has 1 atom stereocenters. The summed E-state index contributed by atoms with van der Waals surface area (Å²) >= 11 is 0. The van der Waals surface area contributed by atoms with Crippen molar-refractivity contribution in [3.05, 3.63) is 29.8 Å². The molecule has 0 saturated carbocycles. The fourth-order valence-electron chi connectivity index (χ4n) is 2.58. The van der Waals surface area contributed by atoms with Crippen LogP contribution in [0, 0.1) is 5.41 Å². The molecule has 1 heterocycles. The Hall–Kier alpha value is -1.76. The van der Waals surface area contributed by atoms with E-state index in [9.17, 15) is 18.0 Å². The van der Waals surface area contributed by atoms with Crippen LogP contribution in [0.5, 0.6) is 5.75 Å². The highest BCUT2D eigenvalue weighted by atomic mass is 19.4. The summed E-state index contributed by atoms with van der Waals surface area (Å²) in [6.07, 6.45) is -3.62. The molecular formula is C17H23F3N2O2. The molecule has 1 aromatic rings. The molecule has 7 heteroatoms. The van der Waals surface area contributed by atoms with E-state index in [-0.39, 0.29) is 24.3 Å². The number of nitrogens with one attached hydrogen (secondary N) is 1. The standard InChI is InChI=1S/C17H23F3N2O2/c1-16(2,15(23)21-12-8-9-22(3)10-12)11-24-14-7-5-4-6-13(14)17(18,19)20/h4-7,12H,8-11H2,1-3H3,(H,21,23)/t12-/m1/s1. The summed E-state index contributed by atoms with van der Waals surface area (Å²) in [5.41, 5.74) is -1.77. The molecule has 134 valence electrons. The number of alkyl halides is 3. The molecule has 1 N–H and O–H groups in total. The summed E-state index contributed by atoms with van der Waals surface area (Å²) in [4.78, 5) is 14.5. The summed E-state index contributed by atoms with van der Waals surface area (Å²) < 4.78 is 44.3. The van der Waals surface area contributed by atoms with Gasteiger partial charge in [-0.3, -0.25) is 4.79 Å². The molecular weight excluding hydrogens is 321 g/mol. The van der Waals surface area contributed by atoms with Gasteiger partial charge in [-0.05, 0) is 46.0 Å². The quantitative estimate of drug-likeness (QED) is 0.893. The number of hydrogen-bond donors (Lipinski definition) is 1. The van der Waals surface area contributed by atoms with E-state index in [1.54, 1.807) is 13.8 Å². The Kier molecular flexibility index (Phi) is 5.42. The number of rotatable bonds is 5. The Morgan fingerprint density at radius 3 is 2.58 bits per heavy atom. The fraction of sp³-hybridized carbons (Fsp3) is 0.588. The van der Waals surface area contributed by atoms with E-state index in [2.05, 4.69) is 10.2 Å². The van der Waals surface area contributed by atoms with Crippen LogP contribution in [0.3, 0.4) is 0 Å². The third-order valence-corrected chi connectivity index (χ3v) is 4.12. The second-order valence-corrected chi connectivity index (χ2v) is 6.89. The van der Waals surface area contributed by atoms with Crippen LogP contribution in [-0.4, -0.2) is 43.6 Å². The molecule has 0 radical (unpaired) electrons. The number of likely N-dealkylation sites (N-methyl/N-ethyl adjacent to an activating group) is 1. The van der Waals surface area contributed by atoms with E-state index in [1.165, 1.54) is 18.2 Å². The Morgan fingerprint density at radius 1 is 1.33 bits per heavy atom. The van der Waals surface area contributed by atoms with Gasteiger partial charge in [0.15, 0.2) is 0 Å². The number of hydrogen-bond acceptors (Lipinski definition) is 3. The third kappa shape index (κ3) is 4.63. The monoisotopic (exact) mass is 344 g/mol. The smallest absolute Gasteiger partial charge is 0.419 e. The van der Waals surface area contributed by atoms with Crippen molar-refractivity contribution in [3.8, 4) is 5.75 Å². The van der Waals surface area contributed by atoms with Gasteiger partial charge in [0, 0.05) is 12.6 Å². The molecule has 0 bridgehead atoms. The number of carbonyl (C=O) groups excluding carboxylic acids is 1. The molecule has 1 amide bonds. The first-order valence-electron chi connectivity index (χ1n) is 7.88. The Labute approximate surface area is 140 Å². The highest BCUT2D eigenvalue weighted by molar-refractivity contribution is 5.82. The summed E-state index contributed by atoms with van der Waals surface area (Å²) in [6.45, 7) is 4.89. The lowest BCUT2D eigenvalue weighted by atomic mass is 9.93. The minimum atomic E-state index is -4.49. The van der Waals surface area contributed by atoms with Crippen molar-refractivity contribution >= 4 is 5.91 Å². The van der Waals surface area contributed by atoms with Crippen LogP contribution < -0.4 is 10.1 Å². The largest absolute Gasteiger partial charge is 0.492 e. The van der Waals surface area contributed by atoms with Gasteiger partial charge < -0.3 is 15.0 Å². The van der Waals surface area contributed by atoms with Crippen LogP contribution in [0.1, 0.15) is 25.8 Å². The van der Waals surface area contributed by atoms with Gasteiger partial charge in [0.2, 0.25) is 5.91 Å². The first-order chi connectivity index (χ1) is 11.1. The van der Waals surface area contributed by atoms with Crippen molar-refractivity contribution in [2.24, 2.45) is 5.41 Å². The zero-order valence-electron chi connectivity index (χ0n) is 14.1. The predicted molar refractivity (Wildman–Crippen MR) is 84.8 cm³/mol. The van der Waals surface area contributed by atoms with Crippen molar-refractivity contribution in [1.29, 1.82) is 0 Å². The van der Waals surface area contributed by atoms with Crippen molar-refractivity contribution < 1.29 is 22.7 Å². The van der Waals surface area contributed by atoms with Crippen molar-refractivity contribution in [2.75, 3.05) is 26.7 Å². The number of likely N-dealkylation sites (tertiary alicyclic amines) is 1. The minimum Gasteiger partial charge on any atom is -0.492 e. The predicted octanol–water partition coefficient (Wildman–Crippen LogP) is 2.93. The number of benzene rings is 1. The molecule has 0 aromatic heterocycles. The number of ether oxygens (including phenoxy) is 1. The molecule has 2 rings (SSSR count). The van der Waals surface area contributed by atoms with Gasteiger partial charge in [0.1, 0.15) is 12.4 Å². The van der Waals surface area contributed by atoms with Gasteiger partial charge in [-0.1, -0.05) is 12.1 Å².